The van der Waals surface area contributed by atoms with Crippen molar-refractivity contribution in [2.45, 2.75) is 33.1 Å². The highest BCUT2D eigenvalue weighted by Gasteiger charge is 2.17. The summed E-state index contributed by atoms with van der Waals surface area (Å²) < 4.78 is 6.89. The van der Waals surface area contributed by atoms with Crippen LogP contribution < -0.4 is 20.9 Å². The van der Waals surface area contributed by atoms with Gasteiger partial charge >= 0.3 is 6.01 Å². The zero-order valence-corrected chi connectivity index (χ0v) is 24.6. The van der Waals surface area contributed by atoms with Gasteiger partial charge in [0.2, 0.25) is 0 Å². The van der Waals surface area contributed by atoms with Crippen LogP contribution in [0.3, 0.4) is 0 Å². The van der Waals surface area contributed by atoms with Crippen LogP contribution in [0.5, 0.6) is 6.01 Å². The Morgan fingerprint density at radius 2 is 1.78 bits per heavy atom. The van der Waals surface area contributed by atoms with Gasteiger partial charge in [-0.3, -0.25) is 9.59 Å². The Morgan fingerprint density at radius 1 is 1.05 bits per heavy atom. The molecule has 4 rings (SSSR count). The van der Waals surface area contributed by atoms with Crippen LogP contribution in [0, 0.1) is 6.92 Å². The van der Waals surface area contributed by atoms with E-state index >= 15 is 0 Å². The van der Waals surface area contributed by atoms with Crippen molar-refractivity contribution in [1.29, 1.82) is 0 Å². The van der Waals surface area contributed by atoms with Crippen molar-refractivity contribution in [3.05, 3.63) is 87.8 Å². The monoisotopic (exact) mass is 555 g/mol. The normalized spacial score (nSPS) is 11.4. The van der Waals surface area contributed by atoms with Gasteiger partial charge in [-0.1, -0.05) is 45.0 Å². The van der Waals surface area contributed by atoms with Crippen molar-refractivity contribution in [1.82, 2.24) is 24.6 Å². The molecular weight excluding hydrogens is 518 g/mol. The fourth-order valence-corrected chi connectivity index (χ4v) is 4.13. The first-order valence-electron chi connectivity index (χ1n) is 13.4. The second kappa shape index (κ2) is 12.3. The first kappa shape index (κ1) is 29.4. The van der Waals surface area contributed by atoms with Crippen molar-refractivity contribution in [3.63, 3.8) is 0 Å². The lowest BCUT2D eigenvalue weighted by Gasteiger charge is -2.19. The first-order chi connectivity index (χ1) is 19.4. The molecule has 0 radical (unpaired) electrons. The van der Waals surface area contributed by atoms with Gasteiger partial charge in [0.1, 0.15) is 18.1 Å². The Kier molecular flexibility index (Phi) is 8.83. The number of anilines is 3. The minimum absolute atomic E-state index is 0.00583. The average Bonchev–Trinajstić information content (AvgIpc) is 2.92. The van der Waals surface area contributed by atoms with E-state index in [0.717, 1.165) is 23.2 Å². The number of hydrogen-bond acceptors (Lipinski definition) is 8. The predicted molar refractivity (Wildman–Crippen MR) is 162 cm³/mol. The molecule has 2 aromatic heterocycles. The van der Waals surface area contributed by atoms with Crippen LogP contribution in [0.4, 0.5) is 17.2 Å². The summed E-state index contributed by atoms with van der Waals surface area (Å²) in [6, 6.07) is 16.8. The summed E-state index contributed by atoms with van der Waals surface area (Å²) in [5, 5.41) is 10.6. The summed E-state index contributed by atoms with van der Waals surface area (Å²) in [5.74, 6) is 0.221. The molecule has 0 unspecified atom stereocenters. The molecule has 0 aliphatic rings. The summed E-state index contributed by atoms with van der Waals surface area (Å²) in [6.07, 6.45) is 1.57. The van der Waals surface area contributed by atoms with E-state index in [0.29, 0.717) is 35.1 Å². The molecule has 41 heavy (non-hydrogen) atoms. The van der Waals surface area contributed by atoms with Crippen molar-refractivity contribution >= 4 is 23.1 Å². The van der Waals surface area contributed by atoms with Crippen LogP contribution in [0.1, 0.15) is 42.3 Å². The van der Waals surface area contributed by atoms with Gasteiger partial charge in [-0.15, -0.1) is 0 Å². The molecule has 2 N–H and O–H groups in total. The van der Waals surface area contributed by atoms with Crippen LogP contribution >= 0.6 is 0 Å². The second-order valence-electron chi connectivity index (χ2n) is 11.1. The number of aromatic nitrogens is 4. The highest BCUT2D eigenvalue weighted by atomic mass is 16.5. The quantitative estimate of drug-likeness (QED) is 0.303. The maximum Gasteiger partial charge on any atom is 0.318 e. The van der Waals surface area contributed by atoms with Gasteiger partial charge in [0.25, 0.3) is 11.5 Å². The lowest BCUT2D eigenvalue weighted by atomic mass is 9.86. The number of aryl methyl sites for hydroxylation is 1. The molecule has 0 aliphatic heterocycles. The highest BCUT2D eigenvalue weighted by molar-refractivity contribution is 6.05. The number of nitrogens with one attached hydrogen (secondary N) is 2. The van der Waals surface area contributed by atoms with Gasteiger partial charge in [-0.05, 0) is 67.9 Å². The highest BCUT2D eigenvalue weighted by Crippen LogP contribution is 2.29. The number of ether oxygens (including phenoxy) is 1. The van der Waals surface area contributed by atoms with E-state index in [1.54, 1.807) is 25.4 Å². The number of carbonyl (C=O) groups excluding carboxylic acids is 1. The standard InChI is InChI=1S/C31H37N7O3/c1-20-23(9-8-10-24(20)34-28(39)21-11-13-22(14-12-21)31(2,3)4)25-19-26(29(40)38(7)36-25)33-27-15-16-32-30(35-27)41-18-17-37(5)6/h8-16,19H,17-18H2,1-7H3,(H,34,39)(H,32,33,35). The van der Waals surface area contributed by atoms with E-state index in [2.05, 4.69) is 46.5 Å². The van der Waals surface area contributed by atoms with E-state index in [1.165, 1.54) is 4.68 Å². The van der Waals surface area contributed by atoms with Gasteiger partial charge < -0.3 is 20.3 Å². The van der Waals surface area contributed by atoms with E-state index in [4.69, 9.17) is 4.74 Å². The summed E-state index contributed by atoms with van der Waals surface area (Å²) in [5.41, 5.74) is 4.54. The molecule has 2 heterocycles. The number of nitrogens with zero attached hydrogens (tertiary/aromatic N) is 5. The Balaban J connectivity index is 1.57. The third-order valence-corrected chi connectivity index (χ3v) is 6.60. The summed E-state index contributed by atoms with van der Waals surface area (Å²) in [6.45, 7) is 9.48. The number of hydrogen-bond donors (Lipinski definition) is 2. The summed E-state index contributed by atoms with van der Waals surface area (Å²) in [7, 11) is 5.50. The Labute approximate surface area is 240 Å². The summed E-state index contributed by atoms with van der Waals surface area (Å²) >= 11 is 0. The molecule has 10 heteroatoms. The molecule has 4 aromatic rings. The molecule has 0 bridgehead atoms. The molecule has 0 saturated carbocycles. The van der Waals surface area contributed by atoms with Gasteiger partial charge in [0.05, 0.1) is 5.69 Å². The van der Waals surface area contributed by atoms with Crippen molar-refractivity contribution in [2.75, 3.05) is 37.9 Å². The van der Waals surface area contributed by atoms with Crippen molar-refractivity contribution in [2.24, 2.45) is 7.05 Å². The lowest BCUT2D eigenvalue weighted by Crippen LogP contribution is -2.23. The van der Waals surface area contributed by atoms with Crippen molar-refractivity contribution < 1.29 is 9.53 Å². The van der Waals surface area contributed by atoms with Gasteiger partial charge in [-0.25, -0.2) is 9.67 Å². The Morgan fingerprint density at radius 3 is 2.46 bits per heavy atom. The fourth-order valence-electron chi connectivity index (χ4n) is 4.13. The predicted octanol–water partition coefficient (Wildman–Crippen LogP) is 4.78. The van der Waals surface area contributed by atoms with E-state index in [-0.39, 0.29) is 22.9 Å². The smallest absolute Gasteiger partial charge is 0.318 e. The maximum atomic E-state index is 13.1. The Bertz CT molecular complexity index is 1590. The second-order valence-corrected chi connectivity index (χ2v) is 11.1. The summed E-state index contributed by atoms with van der Waals surface area (Å²) in [4.78, 5) is 36.5. The van der Waals surface area contributed by atoms with E-state index < -0.39 is 0 Å². The average molecular weight is 556 g/mol. The largest absolute Gasteiger partial charge is 0.462 e. The molecule has 0 spiro atoms. The number of amides is 1. The first-order valence-corrected chi connectivity index (χ1v) is 13.4. The number of likely N-dealkylation sites (N-methyl/N-ethyl adjacent to an activating group) is 1. The molecule has 2 aromatic carbocycles. The third-order valence-electron chi connectivity index (χ3n) is 6.60. The topological polar surface area (TPSA) is 114 Å². The van der Waals surface area contributed by atoms with Gasteiger partial charge in [0, 0.05) is 36.6 Å². The maximum absolute atomic E-state index is 13.1. The van der Waals surface area contributed by atoms with Crippen molar-refractivity contribution in [3.8, 4) is 17.3 Å². The molecule has 1 amide bonds. The zero-order valence-electron chi connectivity index (χ0n) is 24.6. The van der Waals surface area contributed by atoms with Gasteiger partial charge in [0.15, 0.2) is 0 Å². The minimum Gasteiger partial charge on any atom is -0.462 e. The minimum atomic E-state index is -0.316. The molecule has 0 saturated heterocycles. The van der Waals surface area contributed by atoms with E-state index in [1.807, 2.05) is 68.4 Å². The molecular formula is C31H37N7O3. The molecule has 0 aliphatic carbocycles. The Hall–Kier alpha value is -4.57. The molecule has 10 nitrogen and oxygen atoms in total. The zero-order chi connectivity index (χ0) is 29.7. The molecule has 0 fully saturated rings. The van der Waals surface area contributed by atoms with Gasteiger partial charge in [-0.2, -0.15) is 10.1 Å². The SMILES string of the molecule is Cc1c(NC(=O)c2ccc(C(C)(C)C)cc2)cccc1-c1cc(Nc2ccnc(OCCN(C)C)n2)c(=O)n(C)n1. The van der Waals surface area contributed by atoms with Crippen LogP contribution in [-0.2, 0) is 12.5 Å². The van der Waals surface area contributed by atoms with Crippen LogP contribution in [0.2, 0.25) is 0 Å². The number of rotatable bonds is 9. The third kappa shape index (κ3) is 7.34. The number of carbonyl (C=O) groups is 1. The van der Waals surface area contributed by atoms with Crippen LogP contribution in [-0.4, -0.2) is 57.8 Å². The van der Waals surface area contributed by atoms with Crippen LogP contribution in [0.25, 0.3) is 11.3 Å². The number of benzene rings is 2. The lowest BCUT2D eigenvalue weighted by molar-refractivity contribution is 0.102. The van der Waals surface area contributed by atoms with E-state index in [9.17, 15) is 9.59 Å². The molecule has 0 atom stereocenters. The molecule has 214 valence electrons. The van der Waals surface area contributed by atoms with Crippen LogP contribution in [0.15, 0.2) is 65.6 Å². The fraction of sp³-hybridized carbons (Fsp3) is 0.323.